The first-order valence-corrected chi connectivity index (χ1v) is 9.22. The predicted molar refractivity (Wildman–Crippen MR) is 102 cm³/mol. The maximum Gasteiger partial charge on any atom is 0.258 e. The second-order valence-corrected chi connectivity index (χ2v) is 7.35. The van der Waals surface area contributed by atoms with Gasteiger partial charge in [-0.3, -0.25) is 14.6 Å². The summed E-state index contributed by atoms with van der Waals surface area (Å²) in [7, 11) is 0. The van der Waals surface area contributed by atoms with Crippen molar-refractivity contribution in [1.82, 2.24) is 9.97 Å². The molecule has 1 fully saturated rings. The molecule has 2 aromatic rings. The molecule has 1 amide bonds. The molecule has 3 heterocycles. The number of nitrogens with one attached hydrogen (secondary N) is 2. The number of halogens is 1. The first-order valence-electron chi connectivity index (χ1n) is 8.14. The molecule has 0 saturated carbocycles. The van der Waals surface area contributed by atoms with Crippen molar-refractivity contribution in [2.24, 2.45) is 0 Å². The van der Waals surface area contributed by atoms with Crippen molar-refractivity contribution >= 4 is 40.3 Å². The Morgan fingerprint density at radius 3 is 2.60 bits per heavy atom. The number of aromatic amines is 1. The maximum atomic E-state index is 12.8. The van der Waals surface area contributed by atoms with Crippen LogP contribution in [0, 0.1) is 3.57 Å². The number of morpholine rings is 1. The van der Waals surface area contributed by atoms with Gasteiger partial charge in [-0.2, -0.15) is 4.98 Å². The van der Waals surface area contributed by atoms with Gasteiger partial charge in [0.15, 0.2) is 0 Å². The summed E-state index contributed by atoms with van der Waals surface area (Å²) in [5.74, 6) is 0.443. The highest BCUT2D eigenvalue weighted by Crippen LogP contribution is 2.34. The van der Waals surface area contributed by atoms with E-state index < -0.39 is 0 Å². The van der Waals surface area contributed by atoms with E-state index in [0.29, 0.717) is 43.6 Å². The molecule has 1 saturated heterocycles. The van der Waals surface area contributed by atoms with Crippen LogP contribution in [0.15, 0.2) is 29.1 Å². The molecule has 130 valence electrons. The Balaban J connectivity index is 1.77. The van der Waals surface area contributed by atoms with Crippen LogP contribution in [0.3, 0.4) is 0 Å². The standard InChI is InChI=1S/C17H17IN4O3/c18-11-3-1-10(2-4-11)12-9-13(23)19-15-14(12)16(24)21-17(20-15)22-5-7-25-8-6-22/h1-4,12H,5-9H2,(H2,19,20,21,23,24). The van der Waals surface area contributed by atoms with E-state index in [0.717, 1.165) is 9.13 Å². The van der Waals surface area contributed by atoms with Gasteiger partial charge in [0.1, 0.15) is 5.82 Å². The van der Waals surface area contributed by atoms with E-state index in [-0.39, 0.29) is 23.8 Å². The molecule has 2 aliphatic heterocycles. The van der Waals surface area contributed by atoms with Crippen LogP contribution in [0.2, 0.25) is 0 Å². The minimum absolute atomic E-state index is 0.123. The lowest BCUT2D eigenvalue weighted by Crippen LogP contribution is -2.40. The van der Waals surface area contributed by atoms with E-state index in [4.69, 9.17) is 4.74 Å². The van der Waals surface area contributed by atoms with Crippen LogP contribution in [0.5, 0.6) is 0 Å². The third kappa shape index (κ3) is 3.28. The monoisotopic (exact) mass is 452 g/mol. The number of nitrogens with zero attached hydrogens (tertiary/aromatic N) is 2. The average molecular weight is 452 g/mol. The Kier molecular flexibility index (Phi) is 4.46. The molecule has 1 aromatic heterocycles. The second kappa shape index (κ2) is 6.75. The van der Waals surface area contributed by atoms with Crippen LogP contribution in [0.4, 0.5) is 11.8 Å². The highest BCUT2D eigenvalue weighted by Gasteiger charge is 2.31. The summed E-state index contributed by atoms with van der Waals surface area (Å²) < 4.78 is 6.44. The fourth-order valence-electron chi connectivity index (χ4n) is 3.26. The Bertz CT molecular complexity index is 859. The summed E-state index contributed by atoms with van der Waals surface area (Å²) in [6.07, 6.45) is 0.245. The molecule has 0 aliphatic carbocycles. The number of ether oxygens (including phenoxy) is 1. The van der Waals surface area contributed by atoms with Gasteiger partial charge in [0.05, 0.1) is 18.8 Å². The van der Waals surface area contributed by atoms with E-state index in [2.05, 4.69) is 37.9 Å². The van der Waals surface area contributed by atoms with Gasteiger partial charge in [0.25, 0.3) is 5.56 Å². The summed E-state index contributed by atoms with van der Waals surface area (Å²) in [6, 6.07) is 7.88. The first kappa shape index (κ1) is 16.5. The molecule has 1 aromatic carbocycles. The van der Waals surface area contributed by atoms with E-state index in [1.54, 1.807) is 0 Å². The summed E-state index contributed by atoms with van der Waals surface area (Å²) in [4.78, 5) is 34.3. The van der Waals surface area contributed by atoms with Gasteiger partial charge in [-0.1, -0.05) is 12.1 Å². The minimum atomic E-state index is -0.282. The molecule has 7 nitrogen and oxygen atoms in total. The van der Waals surface area contributed by atoms with Crippen molar-refractivity contribution in [2.75, 3.05) is 36.5 Å². The fraction of sp³-hybridized carbons (Fsp3) is 0.353. The van der Waals surface area contributed by atoms with Crippen LogP contribution in [0.1, 0.15) is 23.5 Å². The number of hydrogen-bond acceptors (Lipinski definition) is 5. The second-order valence-electron chi connectivity index (χ2n) is 6.11. The largest absolute Gasteiger partial charge is 0.378 e. The fourth-order valence-corrected chi connectivity index (χ4v) is 3.62. The van der Waals surface area contributed by atoms with Crippen LogP contribution in [0.25, 0.3) is 0 Å². The number of hydrogen-bond donors (Lipinski definition) is 2. The highest BCUT2D eigenvalue weighted by molar-refractivity contribution is 14.1. The van der Waals surface area contributed by atoms with Crippen molar-refractivity contribution in [3.05, 3.63) is 49.3 Å². The molecular formula is C17H17IN4O3. The SMILES string of the molecule is O=C1CC(c2ccc(I)cc2)c2c(nc(N3CCOCC3)[nH]c2=O)N1. The Labute approximate surface area is 157 Å². The van der Waals surface area contributed by atoms with Gasteiger partial charge in [-0.25, -0.2) is 0 Å². The molecule has 2 N–H and O–H groups in total. The number of fused-ring (bicyclic) bond motifs is 1. The van der Waals surface area contributed by atoms with Crippen molar-refractivity contribution in [3.63, 3.8) is 0 Å². The molecule has 8 heteroatoms. The number of carbonyl (C=O) groups is 1. The number of H-pyrrole nitrogens is 1. The van der Waals surface area contributed by atoms with E-state index in [9.17, 15) is 9.59 Å². The molecule has 2 aliphatic rings. The van der Waals surface area contributed by atoms with E-state index >= 15 is 0 Å². The summed E-state index contributed by atoms with van der Waals surface area (Å²) >= 11 is 2.23. The van der Waals surface area contributed by atoms with Gasteiger partial charge >= 0.3 is 0 Å². The van der Waals surface area contributed by atoms with Crippen molar-refractivity contribution in [2.45, 2.75) is 12.3 Å². The summed E-state index contributed by atoms with van der Waals surface area (Å²) in [5.41, 5.74) is 1.27. The molecule has 0 bridgehead atoms. The van der Waals surface area contributed by atoms with Gasteiger partial charge in [0.2, 0.25) is 11.9 Å². The lowest BCUT2D eigenvalue weighted by molar-refractivity contribution is -0.116. The van der Waals surface area contributed by atoms with Crippen LogP contribution >= 0.6 is 22.6 Å². The zero-order valence-electron chi connectivity index (χ0n) is 13.4. The van der Waals surface area contributed by atoms with Crippen molar-refractivity contribution < 1.29 is 9.53 Å². The smallest absolute Gasteiger partial charge is 0.258 e. The Morgan fingerprint density at radius 2 is 1.88 bits per heavy atom. The average Bonchev–Trinajstić information content (AvgIpc) is 2.62. The van der Waals surface area contributed by atoms with Crippen molar-refractivity contribution in [1.29, 1.82) is 0 Å². The molecule has 4 rings (SSSR count). The molecule has 25 heavy (non-hydrogen) atoms. The normalized spacial score (nSPS) is 20.1. The maximum absolute atomic E-state index is 12.8. The number of amides is 1. The molecule has 0 radical (unpaired) electrons. The summed E-state index contributed by atoms with van der Waals surface area (Å²) in [5, 5.41) is 2.76. The van der Waals surface area contributed by atoms with Gasteiger partial charge in [-0.15, -0.1) is 0 Å². The first-order chi connectivity index (χ1) is 12.1. The van der Waals surface area contributed by atoms with E-state index in [1.165, 1.54) is 0 Å². The molecule has 1 atom stereocenters. The third-order valence-electron chi connectivity index (χ3n) is 4.52. The highest BCUT2D eigenvalue weighted by atomic mass is 127. The number of aromatic nitrogens is 2. The van der Waals surface area contributed by atoms with Gasteiger partial charge < -0.3 is 15.0 Å². The van der Waals surface area contributed by atoms with Crippen molar-refractivity contribution in [3.8, 4) is 0 Å². The van der Waals surface area contributed by atoms with Crippen LogP contribution in [-0.4, -0.2) is 42.2 Å². The summed E-state index contributed by atoms with van der Waals surface area (Å²) in [6.45, 7) is 2.52. The Hall–Kier alpha value is -1.94. The van der Waals surface area contributed by atoms with Crippen LogP contribution in [-0.2, 0) is 9.53 Å². The van der Waals surface area contributed by atoms with E-state index in [1.807, 2.05) is 29.2 Å². The number of rotatable bonds is 2. The lowest BCUT2D eigenvalue weighted by Gasteiger charge is -2.29. The Morgan fingerprint density at radius 1 is 1.16 bits per heavy atom. The topological polar surface area (TPSA) is 87.3 Å². The lowest BCUT2D eigenvalue weighted by atomic mass is 9.87. The number of benzene rings is 1. The molecular weight excluding hydrogens is 435 g/mol. The third-order valence-corrected chi connectivity index (χ3v) is 5.24. The number of carbonyl (C=O) groups excluding carboxylic acids is 1. The number of anilines is 2. The van der Waals surface area contributed by atoms with Gasteiger partial charge in [0, 0.05) is 29.0 Å². The van der Waals surface area contributed by atoms with Gasteiger partial charge in [-0.05, 0) is 40.3 Å². The zero-order chi connectivity index (χ0) is 17.4. The quantitative estimate of drug-likeness (QED) is 0.678. The molecule has 0 spiro atoms. The molecule has 1 unspecified atom stereocenters. The predicted octanol–water partition coefficient (Wildman–Crippen LogP) is 1.69. The van der Waals surface area contributed by atoms with Crippen LogP contribution < -0.4 is 15.8 Å². The zero-order valence-corrected chi connectivity index (χ0v) is 15.6. The minimum Gasteiger partial charge on any atom is -0.378 e.